The molecule has 0 amide bonds. The fourth-order valence-corrected chi connectivity index (χ4v) is 3.72. The monoisotopic (exact) mass is 269 g/mol. The molecule has 2 rings (SSSR count). The number of nitrogens with one attached hydrogen (secondary N) is 1. The first-order valence-corrected chi connectivity index (χ1v) is 7.73. The van der Waals surface area contributed by atoms with Crippen molar-refractivity contribution in [2.24, 2.45) is 0 Å². The third kappa shape index (κ3) is 3.29. The Morgan fingerprint density at radius 2 is 1.74 bits per heavy atom. The maximum atomic E-state index is 11.9. The predicted octanol–water partition coefficient (Wildman–Crippen LogP) is 2.71. The number of rotatable bonds is 4. The van der Waals surface area contributed by atoms with Gasteiger partial charge in [-0.1, -0.05) is 38.5 Å². The first-order valence-electron chi connectivity index (χ1n) is 7.73. The molecule has 110 valence electrons. The second-order valence-electron chi connectivity index (χ2n) is 6.08. The van der Waals surface area contributed by atoms with Crippen LogP contribution in [-0.4, -0.2) is 35.9 Å². The number of carbonyl (C=O) groups is 1. The first kappa shape index (κ1) is 14.8. The molecule has 4 nitrogen and oxygen atoms in total. The number of methoxy groups -OCH3 is 1. The van der Waals surface area contributed by atoms with Crippen molar-refractivity contribution < 1.29 is 14.6 Å². The largest absolute Gasteiger partial charge is 0.480 e. The van der Waals surface area contributed by atoms with Gasteiger partial charge in [-0.15, -0.1) is 0 Å². The summed E-state index contributed by atoms with van der Waals surface area (Å²) >= 11 is 0. The van der Waals surface area contributed by atoms with E-state index < -0.39 is 11.5 Å². The molecule has 0 spiro atoms. The zero-order valence-corrected chi connectivity index (χ0v) is 12.0. The number of carboxylic acid groups (broad SMARTS) is 1. The fraction of sp³-hybridized carbons (Fsp3) is 0.933. The van der Waals surface area contributed by atoms with E-state index in [-0.39, 0.29) is 6.10 Å². The molecule has 0 aliphatic heterocycles. The third-order valence-electron chi connectivity index (χ3n) is 4.82. The van der Waals surface area contributed by atoms with Crippen LogP contribution in [0.4, 0.5) is 0 Å². The maximum absolute atomic E-state index is 11.9. The summed E-state index contributed by atoms with van der Waals surface area (Å²) in [5.41, 5.74) is -0.859. The van der Waals surface area contributed by atoms with Gasteiger partial charge in [0.15, 0.2) is 0 Å². The fourth-order valence-electron chi connectivity index (χ4n) is 3.72. The molecule has 2 N–H and O–H groups in total. The van der Waals surface area contributed by atoms with E-state index in [4.69, 9.17) is 4.74 Å². The zero-order valence-electron chi connectivity index (χ0n) is 12.0. The minimum atomic E-state index is -0.859. The van der Waals surface area contributed by atoms with E-state index in [1.807, 2.05) is 0 Å². The van der Waals surface area contributed by atoms with Crippen LogP contribution >= 0.6 is 0 Å². The molecule has 4 heteroatoms. The Hall–Kier alpha value is -0.610. The first-order chi connectivity index (χ1) is 9.19. The lowest BCUT2D eigenvalue weighted by molar-refractivity contribution is -0.155. The standard InChI is InChI=1S/C15H27NO3/c1-19-13-10-6-7-11-15(13,14(17)18)16-12-8-4-2-3-5-9-12/h12-13,16H,2-11H2,1H3,(H,17,18). The van der Waals surface area contributed by atoms with Gasteiger partial charge in [-0.3, -0.25) is 10.1 Å². The second kappa shape index (κ2) is 6.71. The second-order valence-corrected chi connectivity index (χ2v) is 6.08. The summed E-state index contributed by atoms with van der Waals surface area (Å²) < 4.78 is 5.50. The number of ether oxygens (including phenoxy) is 1. The van der Waals surface area contributed by atoms with Crippen molar-refractivity contribution in [1.82, 2.24) is 5.32 Å². The summed E-state index contributed by atoms with van der Waals surface area (Å²) in [6, 6.07) is 0.342. The van der Waals surface area contributed by atoms with E-state index in [1.165, 1.54) is 25.7 Å². The summed E-state index contributed by atoms with van der Waals surface area (Å²) in [4.78, 5) is 11.9. The van der Waals surface area contributed by atoms with Gasteiger partial charge in [0.1, 0.15) is 5.54 Å². The van der Waals surface area contributed by atoms with Crippen LogP contribution in [0.5, 0.6) is 0 Å². The summed E-state index contributed by atoms with van der Waals surface area (Å²) in [5.74, 6) is -0.733. The van der Waals surface area contributed by atoms with Crippen LogP contribution in [0.2, 0.25) is 0 Å². The van der Waals surface area contributed by atoms with Crippen LogP contribution in [0.1, 0.15) is 64.2 Å². The molecule has 0 heterocycles. The van der Waals surface area contributed by atoms with Crippen molar-refractivity contribution in [3.63, 3.8) is 0 Å². The smallest absolute Gasteiger partial charge is 0.326 e. The molecule has 2 aliphatic rings. The molecule has 2 fully saturated rings. The molecule has 0 aromatic carbocycles. The lowest BCUT2D eigenvalue weighted by atomic mass is 9.78. The quantitative estimate of drug-likeness (QED) is 0.770. The molecule has 2 aliphatic carbocycles. The van der Waals surface area contributed by atoms with Crippen LogP contribution in [0.25, 0.3) is 0 Å². The van der Waals surface area contributed by atoms with E-state index in [2.05, 4.69) is 5.32 Å². The van der Waals surface area contributed by atoms with E-state index in [0.717, 1.165) is 32.1 Å². The van der Waals surface area contributed by atoms with Gasteiger partial charge in [-0.2, -0.15) is 0 Å². The summed E-state index contributed by atoms with van der Waals surface area (Å²) in [5, 5.41) is 13.2. The average Bonchev–Trinajstić information content (AvgIpc) is 2.67. The summed E-state index contributed by atoms with van der Waals surface area (Å²) in [6.07, 6.45) is 10.6. The van der Waals surface area contributed by atoms with Gasteiger partial charge in [0.25, 0.3) is 0 Å². The predicted molar refractivity (Wildman–Crippen MR) is 74.3 cm³/mol. The summed E-state index contributed by atoms with van der Waals surface area (Å²) in [6.45, 7) is 0. The van der Waals surface area contributed by atoms with Crippen molar-refractivity contribution in [3.05, 3.63) is 0 Å². The number of hydrogen-bond donors (Lipinski definition) is 2. The molecule has 0 bridgehead atoms. The normalized spacial score (nSPS) is 33.8. The van der Waals surface area contributed by atoms with Gasteiger partial charge in [0, 0.05) is 13.2 Å². The highest BCUT2D eigenvalue weighted by atomic mass is 16.5. The molecule has 0 aromatic rings. The van der Waals surface area contributed by atoms with Crippen molar-refractivity contribution in [3.8, 4) is 0 Å². The molecular formula is C15H27NO3. The van der Waals surface area contributed by atoms with Crippen molar-refractivity contribution in [2.75, 3.05) is 7.11 Å². The molecule has 2 saturated carbocycles. The Kier molecular flexibility index (Phi) is 5.22. The number of aliphatic carboxylic acids is 1. The Morgan fingerprint density at radius 3 is 2.32 bits per heavy atom. The maximum Gasteiger partial charge on any atom is 0.326 e. The topological polar surface area (TPSA) is 58.6 Å². The van der Waals surface area contributed by atoms with Gasteiger partial charge in [0.05, 0.1) is 6.10 Å². The number of hydrogen-bond acceptors (Lipinski definition) is 3. The molecule has 2 atom stereocenters. The average molecular weight is 269 g/mol. The van der Waals surface area contributed by atoms with Crippen LogP contribution in [-0.2, 0) is 9.53 Å². The SMILES string of the molecule is COC1CCCCC1(NC1CCCCCC1)C(=O)O. The van der Waals surface area contributed by atoms with Crippen molar-refractivity contribution in [1.29, 1.82) is 0 Å². The van der Waals surface area contributed by atoms with Gasteiger partial charge >= 0.3 is 5.97 Å². The van der Waals surface area contributed by atoms with Gasteiger partial charge in [-0.05, 0) is 25.7 Å². The van der Waals surface area contributed by atoms with E-state index in [0.29, 0.717) is 12.5 Å². The highest BCUT2D eigenvalue weighted by Gasteiger charge is 2.48. The van der Waals surface area contributed by atoms with Crippen molar-refractivity contribution in [2.45, 2.75) is 81.9 Å². The van der Waals surface area contributed by atoms with Crippen LogP contribution in [0.15, 0.2) is 0 Å². The zero-order chi connectivity index (χ0) is 13.7. The Bertz CT molecular complexity index is 300. The van der Waals surface area contributed by atoms with Gasteiger partial charge in [-0.25, -0.2) is 0 Å². The van der Waals surface area contributed by atoms with E-state index in [9.17, 15) is 9.90 Å². The van der Waals surface area contributed by atoms with Crippen LogP contribution in [0, 0.1) is 0 Å². The lowest BCUT2D eigenvalue weighted by Crippen LogP contribution is -2.64. The third-order valence-corrected chi connectivity index (χ3v) is 4.82. The Labute approximate surface area is 115 Å². The molecule has 2 unspecified atom stereocenters. The molecule has 0 saturated heterocycles. The minimum Gasteiger partial charge on any atom is -0.480 e. The van der Waals surface area contributed by atoms with E-state index >= 15 is 0 Å². The Morgan fingerprint density at radius 1 is 1.11 bits per heavy atom. The van der Waals surface area contributed by atoms with Gasteiger partial charge in [0.2, 0.25) is 0 Å². The number of carboxylic acids is 1. The molecule has 0 radical (unpaired) electrons. The highest BCUT2D eigenvalue weighted by Crippen LogP contribution is 2.33. The lowest BCUT2D eigenvalue weighted by Gasteiger charge is -2.42. The Balaban J connectivity index is 2.10. The van der Waals surface area contributed by atoms with Crippen molar-refractivity contribution >= 4 is 5.97 Å². The molecule has 0 aromatic heterocycles. The van der Waals surface area contributed by atoms with Crippen LogP contribution in [0.3, 0.4) is 0 Å². The summed E-state index contributed by atoms with van der Waals surface area (Å²) in [7, 11) is 1.64. The molecule has 19 heavy (non-hydrogen) atoms. The molecular weight excluding hydrogens is 242 g/mol. The van der Waals surface area contributed by atoms with E-state index in [1.54, 1.807) is 7.11 Å². The minimum absolute atomic E-state index is 0.193. The van der Waals surface area contributed by atoms with Gasteiger partial charge < -0.3 is 9.84 Å². The van der Waals surface area contributed by atoms with Crippen LogP contribution < -0.4 is 5.32 Å². The highest BCUT2D eigenvalue weighted by molar-refractivity contribution is 5.80.